The number of alkyl halides is 6. The summed E-state index contributed by atoms with van der Waals surface area (Å²) < 4.78 is 87.8. The fraction of sp³-hybridized carbons (Fsp3) is 0.667. The van der Waals surface area contributed by atoms with Crippen molar-refractivity contribution in [3.8, 4) is 6.07 Å². The van der Waals surface area contributed by atoms with Crippen LogP contribution in [0, 0.1) is 11.3 Å². The van der Waals surface area contributed by atoms with E-state index in [9.17, 15) is 30.9 Å². The van der Waals surface area contributed by atoms with Crippen molar-refractivity contribution in [3.63, 3.8) is 0 Å². The number of hydrogen-bond acceptors (Lipinski definition) is 3. The topological polar surface area (TPSA) is 70.3 Å². The molecule has 0 saturated carbocycles. The highest BCUT2D eigenvalue weighted by Gasteiger charge is 2.36. The highest BCUT2D eigenvalue weighted by molar-refractivity contribution is 7.32. The van der Waals surface area contributed by atoms with Crippen LogP contribution in [0.15, 0.2) is 11.1 Å². The van der Waals surface area contributed by atoms with Crippen LogP contribution in [0.1, 0.15) is 19.8 Å². The molecule has 20 heavy (non-hydrogen) atoms. The average Bonchev–Trinajstić information content (AvgIpc) is 2.20. The Morgan fingerprint density at radius 2 is 1.80 bits per heavy atom. The standard InChI is InChI=1S/C9H10F6NO3P/c1-5(6(4-16)2-8(10,11)12)7(19-20(17)18)3-9(13,14)15/h7,20H,2-3H2,1H3,(H,17,18). The van der Waals surface area contributed by atoms with Crippen LogP contribution < -0.4 is 0 Å². The second kappa shape index (κ2) is 7.11. The van der Waals surface area contributed by atoms with Gasteiger partial charge in [0.25, 0.3) is 0 Å². The molecule has 4 nitrogen and oxygen atoms in total. The Labute approximate surface area is 110 Å². The second-order valence-corrected chi connectivity index (χ2v) is 4.52. The molecular formula is C9H10F6NO3P. The normalized spacial score (nSPS) is 17.1. The summed E-state index contributed by atoms with van der Waals surface area (Å²) in [4.78, 5) is 8.48. The quantitative estimate of drug-likeness (QED) is 0.477. The number of hydrogen-bond donors (Lipinski definition) is 1. The molecule has 0 fully saturated rings. The molecule has 0 aliphatic rings. The minimum Gasteiger partial charge on any atom is -0.326 e. The number of halogens is 6. The third-order valence-corrected chi connectivity index (χ3v) is 2.62. The van der Waals surface area contributed by atoms with Crippen molar-refractivity contribution in [2.75, 3.05) is 0 Å². The molecule has 0 rings (SSSR count). The fourth-order valence-electron chi connectivity index (χ4n) is 1.28. The summed E-state index contributed by atoms with van der Waals surface area (Å²) in [7, 11) is -3.81. The summed E-state index contributed by atoms with van der Waals surface area (Å²) in [6, 6.07) is 1.14. The van der Waals surface area contributed by atoms with Crippen LogP contribution in [-0.2, 0) is 9.09 Å². The maximum absolute atomic E-state index is 12.2. The molecule has 0 saturated heterocycles. The van der Waals surface area contributed by atoms with Gasteiger partial charge in [-0.2, -0.15) is 31.6 Å². The van der Waals surface area contributed by atoms with Crippen molar-refractivity contribution < 1.29 is 40.3 Å². The molecular weight excluding hydrogens is 315 g/mol. The molecule has 0 radical (unpaired) electrons. The Morgan fingerprint density at radius 1 is 1.30 bits per heavy atom. The molecule has 0 spiro atoms. The Balaban J connectivity index is 5.41. The zero-order chi connectivity index (χ0) is 16.1. The maximum atomic E-state index is 12.2. The average molecular weight is 325 g/mol. The van der Waals surface area contributed by atoms with E-state index < -0.39 is 50.7 Å². The smallest absolute Gasteiger partial charge is 0.326 e. The van der Waals surface area contributed by atoms with E-state index in [1.54, 1.807) is 0 Å². The van der Waals surface area contributed by atoms with E-state index >= 15 is 0 Å². The van der Waals surface area contributed by atoms with Crippen LogP contribution in [-0.4, -0.2) is 23.3 Å². The largest absolute Gasteiger partial charge is 0.393 e. The third kappa shape index (κ3) is 8.19. The Kier molecular flexibility index (Phi) is 6.74. The van der Waals surface area contributed by atoms with Crippen LogP contribution in [0.3, 0.4) is 0 Å². The van der Waals surface area contributed by atoms with E-state index in [-0.39, 0.29) is 0 Å². The summed E-state index contributed by atoms with van der Waals surface area (Å²) in [6.45, 7) is 0.825. The first-order chi connectivity index (χ1) is 8.85. The highest BCUT2D eigenvalue weighted by Crippen LogP contribution is 2.35. The van der Waals surface area contributed by atoms with Gasteiger partial charge in [-0.25, -0.2) is 0 Å². The first-order valence-corrected chi connectivity index (χ1v) is 6.25. The van der Waals surface area contributed by atoms with Crippen LogP contribution in [0.2, 0.25) is 0 Å². The van der Waals surface area contributed by atoms with Crippen LogP contribution in [0.25, 0.3) is 0 Å². The minimum atomic E-state index is -4.83. The summed E-state index contributed by atoms with van der Waals surface area (Å²) in [5.41, 5.74) is -1.65. The summed E-state index contributed by atoms with van der Waals surface area (Å²) in [5.74, 6) is 0. The van der Waals surface area contributed by atoms with Gasteiger partial charge in [-0.05, 0) is 12.5 Å². The third-order valence-electron chi connectivity index (χ3n) is 2.13. The van der Waals surface area contributed by atoms with Crippen molar-refractivity contribution in [1.29, 1.82) is 5.26 Å². The van der Waals surface area contributed by atoms with Gasteiger partial charge in [-0.1, -0.05) is 0 Å². The second-order valence-electron chi connectivity index (χ2n) is 3.76. The zero-order valence-electron chi connectivity index (χ0n) is 9.97. The monoisotopic (exact) mass is 325 g/mol. The van der Waals surface area contributed by atoms with Gasteiger partial charge in [0.2, 0.25) is 0 Å². The van der Waals surface area contributed by atoms with Gasteiger partial charge in [0, 0.05) is 5.57 Å². The molecule has 11 heteroatoms. The lowest BCUT2D eigenvalue weighted by atomic mass is 10.0. The maximum Gasteiger partial charge on any atom is 0.393 e. The van der Waals surface area contributed by atoms with Gasteiger partial charge in [0.15, 0.2) is 0 Å². The molecule has 0 aliphatic heterocycles. The van der Waals surface area contributed by atoms with Crippen LogP contribution >= 0.6 is 8.25 Å². The van der Waals surface area contributed by atoms with Crippen molar-refractivity contribution in [3.05, 3.63) is 11.1 Å². The SMILES string of the molecule is CC(=C(C#N)CC(F)(F)F)C(CC(F)(F)F)O[PH](=O)O. The molecule has 0 aromatic heterocycles. The number of nitrogens with zero attached hydrogens (tertiary/aromatic N) is 1. The van der Waals surface area contributed by atoms with E-state index in [1.165, 1.54) is 0 Å². The number of allylic oxidation sites excluding steroid dienone is 1. The number of rotatable bonds is 5. The first-order valence-electron chi connectivity index (χ1n) is 4.98. The molecule has 0 aromatic rings. The van der Waals surface area contributed by atoms with Gasteiger partial charge in [-0.3, -0.25) is 4.57 Å². The van der Waals surface area contributed by atoms with Crippen molar-refractivity contribution in [2.24, 2.45) is 0 Å². The van der Waals surface area contributed by atoms with Crippen molar-refractivity contribution in [2.45, 2.75) is 38.2 Å². The lowest BCUT2D eigenvalue weighted by molar-refractivity contribution is -0.147. The Bertz CT molecular complexity index is 436. The lowest BCUT2D eigenvalue weighted by Gasteiger charge is -2.20. The Morgan fingerprint density at radius 3 is 2.10 bits per heavy atom. The molecule has 0 aromatic carbocycles. The molecule has 2 unspecified atom stereocenters. The molecule has 116 valence electrons. The van der Waals surface area contributed by atoms with Crippen LogP contribution in [0.5, 0.6) is 0 Å². The van der Waals surface area contributed by atoms with Gasteiger partial charge in [0.05, 0.1) is 25.0 Å². The molecule has 0 aliphatic carbocycles. The lowest BCUT2D eigenvalue weighted by Crippen LogP contribution is -2.23. The fourth-order valence-corrected chi connectivity index (χ4v) is 1.78. The van der Waals surface area contributed by atoms with Gasteiger partial charge < -0.3 is 9.42 Å². The molecule has 1 N–H and O–H groups in total. The van der Waals surface area contributed by atoms with Crippen molar-refractivity contribution >= 4 is 8.25 Å². The first kappa shape index (κ1) is 19.0. The highest BCUT2D eigenvalue weighted by atomic mass is 31.1. The Hall–Kier alpha value is -1.04. The predicted molar refractivity (Wildman–Crippen MR) is 55.8 cm³/mol. The van der Waals surface area contributed by atoms with E-state index in [1.807, 2.05) is 0 Å². The molecule has 0 heterocycles. The minimum absolute atomic E-state index is 0.672. The summed E-state index contributed by atoms with van der Waals surface area (Å²) in [5, 5.41) is 8.56. The molecule has 0 amide bonds. The molecule has 2 atom stereocenters. The van der Waals surface area contributed by atoms with Gasteiger partial charge in [0.1, 0.15) is 0 Å². The van der Waals surface area contributed by atoms with E-state index in [2.05, 4.69) is 4.52 Å². The summed E-state index contributed by atoms with van der Waals surface area (Å²) in [6.07, 6.45) is -15.2. The van der Waals surface area contributed by atoms with Crippen LogP contribution in [0.4, 0.5) is 26.3 Å². The van der Waals surface area contributed by atoms with Gasteiger partial charge >= 0.3 is 20.6 Å². The van der Waals surface area contributed by atoms with Gasteiger partial charge in [-0.15, -0.1) is 0 Å². The zero-order valence-corrected chi connectivity index (χ0v) is 11.0. The summed E-state index contributed by atoms with van der Waals surface area (Å²) >= 11 is 0. The van der Waals surface area contributed by atoms with E-state index in [0.717, 1.165) is 13.0 Å². The van der Waals surface area contributed by atoms with E-state index in [0.29, 0.717) is 0 Å². The molecule has 0 bridgehead atoms. The number of nitriles is 1. The van der Waals surface area contributed by atoms with Crippen molar-refractivity contribution in [1.82, 2.24) is 0 Å². The predicted octanol–water partition coefficient (Wildman–Crippen LogP) is 3.50. The van der Waals surface area contributed by atoms with E-state index in [4.69, 9.17) is 10.2 Å².